The van der Waals surface area contributed by atoms with Crippen LogP contribution in [0.2, 0.25) is 0 Å². The van der Waals surface area contributed by atoms with E-state index in [1.807, 2.05) is 0 Å². The summed E-state index contributed by atoms with van der Waals surface area (Å²) in [6.07, 6.45) is 1.79. The molecule has 2 rings (SSSR count). The standard InChI is InChI=1S/C9H14N2O2S2/c10-7-8-3-1-5-11(8)15(12,13)9-4-2-6-14-9/h2,4,6,8H,1,3,5,7,10H2/t8-/m1/s1. The molecule has 2 N–H and O–H groups in total. The maximum absolute atomic E-state index is 12.1. The van der Waals surface area contributed by atoms with Gasteiger partial charge in [0.2, 0.25) is 0 Å². The van der Waals surface area contributed by atoms with Gasteiger partial charge < -0.3 is 5.73 Å². The third-order valence-corrected chi connectivity index (χ3v) is 5.98. The van der Waals surface area contributed by atoms with Gasteiger partial charge in [0.05, 0.1) is 0 Å². The van der Waals surface area contributed by atoms with Gasteiger partial charge in [-0.05, 0) is 24.3 Å². The van der Waals surface area contributed by atoms with Crippen LogP contribution in [0.5, 0.6) is 0 Å². The first-order valence-corrected chi connectivity index (χ1v) is 7.23. The SMILES string of the molecule is NC[C@H]1CCCN1S(=O)(=O)c1cccs1. The number of nitrogens with two attached hydrogens (primary N) is 1. The average molecular weight is 246 g/mol. The highest BCUT2D eigenvalue weighted by Crippen LogP contribution is 2.27. The van der Waals surface area contributed by atoms with Crippen LogP contribution in [-0.2, 0) is 10.0 Å². The van der Waals surface area contributed by atoms with E-state index in [0.717, 1.165) is 12.8 Å². The molecule has 1 aliphatic heterocycles. The normalized spacial score (nSPS) is 23.4. The van der Waals surface area contributed by atoms with Gasteiger partial charge in [0.25, 0.3) is 10.0 Å². The van der Waals surface area contributed by atoms with Gasteiger partial charge in [-0.25, -0.2) is 8.42 Å². The second-order valence-corrected chi connectivity index (χ2v) is 6.64. The molecule has 0 aliphatic carbocycles. The first-order chi connectivity index (χ1) is 7.16. The second kappa shape index (κ2) is 4.21. The zero-order valence-corrected chi connectivity index (χ0v) is 9.93. The Balaban J connectivity index is 2.30. The topological polar surface area (TPSA) is 63.4 Å². The molecule has 6 heteroatoms. The van der Waals surface area contributed by atoms with Crippen LogP contribution in [0, 0.1) is 0 Å². The van der Waals surface area contributed by atoms with Crippen LogP contribution in [0.3, 0.4) is 0 Å². The summed E-state index contributed by atoms with van der Waals surface area (Å²) in [5.41, 5.74) is 5.57. The first kappa shape index (κ1) is 11.1. The van der Waals surface area contributed by atoms with Crippen molar-refractivity contribution in [3.63, 3.8) is 0 Å². The number of rotatable bonds is 3. The highest BCUT2D eigenvalue weighted by atomic mass is 32.2. The summed E-state index contributed by atoms with van der Waals surface area (Å²) in [5, 5.41) is 1.78. The van der Waals surface area contributed by atoms with E-state index in [-0.39, 0.29) is 6.04 Å². The monoisotopic (exact) mass is 246 g/mol. The molecule has 0 spiro atoms. The summed E-state index contributed by atoms with van der Waals surface area (Å²) in [4.78, 5) is 0. The number of hydrogen-bond donors (Lipinski definition) is 1. The molecule has 0 aromatic carbocycles. The van der Waals surface area contributed by atoms with E-state index in [0.29, 0.717) is 17.3 Å². The molecule has 1 aromatic rings. The van der Waals surface area contributed by atoms with Crippen molar-refractivity contribution in [2.45, 2.75) is 23.1 Å². The number of sulfonamides is 1. The zero-order chi connectivity index (χ0) is 10.9. The van der Waals surface area contributed by atoms with Crippen molar-refractivity contribution in [2.75, 3.05) is 13.1 Å². The van der Waals surface area contributed by atoms with Gasteiger partial charge in [-0.2, -0.15) is 4.31 Å². The van der Waals surface area contributed by atoms with Crippen molar-refractivity contribution < 1.29 is 8.42 Å². The van der Waals surface area contributed by atoms with Gasteiger partial charge in [-0.15, -0.1) is 11.3 Å². The Morgan fingerprint density at radius 1 is 1.60 bits per heavy atom. The van der Waals surface area contributed by atoms with Gasteiger partial charge in [-0.3, -0.25) is 0 Å². The fourth-order valence-corrected chi connectivity index (χ4v) is 4.71. The third kappa shape index (κ3) is 1.94. The van der Waals surface area contributed by atoms with Gasteiger partial charge in [0, 0.05) is 19.1 Å². The van der Waals surface area contributed by atoms with Crippen LogP contribution in [0.4, 0.5) is 0 Å². The Morgan fingerprint density at radius 2 is 2.40 bits per heavy atom. The van der Waals surface area contributed by atoms with Crippen LogP contribution in [0.15, 0.2) is 21.7 Å². The average Bonchev–Trinajstić information content (AvgIpc) is 2.89. The van der Waals surface area contributed by atoms with Crippen molar-refractivity contribution >= 4 is 21.4 Å². The predicted octanol–water partition coefficient (Wildman–Crippen LogP) is 0.860. The van der Waals surface area contributed by atoms with Gasteiger partial charge in [-0.1, -0.05) is 6.07 Å². The molecule has 1 fully saturated rings. The van der Waals surface area contributed by atoms with Crippen molar-refractivity contribution in [3.05, 3.63) is 17.5 Å². The van der Waals surface area contributed by atoms with Crippen LogP contribution in [0.1, 0.15) is 12.8 Å². The quantitative estimate of drug-likeness (QED) is 0.860. The van der Waals surface area contributed by atoms with Crippen LogP contribution < -0.4 is 5.73 Å². The van der Waals surface area contributed by atoms with Crippen molar-refractivity contribution in [3.8, 4) is 0 Å². The second-order valence-electron chi connectivity index (χ2n) is 3.58. The molecular formula is C9H14N2O2S2. The van der Waals surface area contributed by atoms with Crippen molar-refractivity contribution in [1.82, 2.24) is 4.31 Å². The minimum atomic E-state index is -3.28. The summed E-state index contributed by atoms with van der Waals surface area (Å²) in [6, 6.07) is 3.38. The molecule has 0 amide bonds. The molecule has 1 saturated heterocycles. The molecule has 0 bridgehead atoms. The van der Waals surface area contributed by atoms with E-state index in [1.54, 1.807) is 21.8 Å². The van der Waals surface area contributed by atoms with E-state index in [4.69, 9.17) is 5.73 Å². The van der Waals surface area contributed by atoms with Crippen LogP contribution >= 0.6 is 11.3 Å². The summed E-state index contributed by atoms with van der Waals surface area (Å²) < 4.78 is 26.3. The lowest BCUT2D eigenvalue weighted by atomic mass is 10.2. The molecule has 1 atom stereocenters. The Bertz CT molecular complexity index is 413. The lowest BCUT2D eigenvalue weighted by molar-refractivity contribution is 0.394. The molecule has 2 heterocycles. The molecule has 4 nitrogen and oxygen atoms in total. The van der Waals surface area contributed by atoms with Crippen LogP contribution in [-0.4, -0.2) is 31.9 Å². The van der Waals surface area contributed by atoms with E-state index in [9.17, 15) is 8.42 Å². The third-order valence-electron chi connectivity index (χ3n) is 2.65. The molecular weight excluding hydrogens is 232 g/mol. The number of hydrogen-bond acceptors (Lipinski definition) is 4. The van der Waals surface area contributed by atoms with Crippen molar-refractivity contribution in [1.29, 1.82) is 0 Å². The smallest absolute Gasteiger partial charge is 0.252 e. The Kier molecular flexibility index (Phi) is 3.11. The maximum atomic E-state index is 12.1. The minimum absolute atomic E-state index is 0.0166. The highest BCUT2D eigenvalue weighted by Gasteiger charge is 2.34. The molecule has 15 heavy (non-hydrogen) atoms. The Labute approximate surface area is 93.8 Å². The van der Waals surface area contributed by atoms with Gasteiger partial charge in [0.1, 0.15) is 4.21 Å². The molecule has 84 valence electrons. The van der Waals surface area contributed by atoms with Gasteiger partial charge in [0.15, 0.2) is 0 Å². The van der Waals surface area contributed by atoms with E-state index in [2.05, 4.69) is 0 Å². The molecule has 1 aliphatic rings. The number of nitrogens with zero attached hydrogens (tertiary/aromatic N) is 1. The largest absolute Gasteiger partial charge is 0.329 e. The molecule has 1 aromatic heterocycles. The van der Waals surface area contributed by atoms with E-state index in [1.165, 1.54) is 11.3 Å². The molecule has 0 radical (unpaired) electrons. The summed E-state index contributed by atoms with van der Waals surface area (Å²) in [5.74, 6) is 0. The lowest BCUT2D eigenvalue weighted by Gasteiger charge is -2.21. The fourth-order valence-electron chi connectivity index (χ4n) is 1.89. The maximum Gasteiger partial charge on any atom is 0.252 e. The summed E-state index contributed by atoms with van der Waals surface area (Å²) >= 11 is 1.26. The Hall–Kier alpha value is -0.430. The van der Waals surface area contributed by atoms with Crippen molar-refractivity contribution in [2.24, 2.45) is 5.73 Å². The van der Waals surface area contributed by atoms with Crippen LogP contribution in [0.25, 0.3) is 0 Å². The van der Waals surface area contributed by atoms with E-state index >= 15 is 0 Å². The van der Waals surface area contributed by atoms with E-state index < -0.39 is 10.0 Å². The molecule has 0 unspecified atom stereocenters. The lowest BCUT2D eigenvalue weighted by Crippen LogP contribution is -2.39. The fraction of sp³-hybridized carbons (Fsp3) is 0.556. The Morgan fingerprint density at radius 3 is 3.00 bits per heavy atom. The zero-order valence-electron chi connectivity index (χ0n) is 8.30. The predicted molar refractivity (Wildman–Crippen MR) is 60.3 cm³/mol. The first-order valence-electron chi connectivity index (χ1n) is 4.91. The molecule has 0 saturated carbocycles. The summed E-state index contributed by atoms with van der Waals surface area (Å²) in [7, 11) is -3.28. The minimum Gasteiger partial charge on any atom is -0.329 e. The summed E-state index contributed by atoms with van der Waals surface area (Å²) in [6.45, 7) is 1.01. The van der Waals surface area contributed by atoms with Gasteiger partial charge >= 0.3 is 0 Å². The highest BCUT2D eigenvalue weighted by molar-refractivity contribution is 7.91. The number of thiophene rings is 1.